The van der Waals surface area contributed by atoms with Crippen LogP contribution in [-0.2, 0) is 11.8 Å². The highest BCUT2D eigenvalue weighted by atomic mass is 16.5. The molecule has 1 N–H and O–H groups in total. The first kappa shape index (κ1) is 16.8. The summed E-state index contributed by atoms with van der Waals surface area (Å²) in [7, 11) is 2.05. The van der Waals surface area contributed by atoms with Crippen molar-refractivity contribution >= 4 is 0 Å². The van der Waals surface area contributed by atoms with Crippen LogP contribution in [0.4, 0.5) is 0 Å². The summed E-state index contributed by atoms with van der Waals surface area (Å²) in [4.78, 5) is 4.52. The highest BCUT2D eigenvalue weighted by Gasteiger charge is 2.36. The molecule has 2 aliphatic rings. The van der Waals surface area contributed by atoms with Crippen molar-refractivity contribution in [1.29, 1.82) is 0 Å². The molecule has 0 radical (unpaired) electrons. The van der Waals surface area contributed by atoms with Crippen molar-refractivity contribution in [3.8, 4) is 0 Å². The molecule has 4 rings (SSSR count). The number of aromatic nitrogens is 2. The smallest absolute Gasteiger partial charge is 0.139 e. The summed E-state index contributed by atoms with van der Waals surface area (Å²) < 4.78 is 8.11. The predicted molar refractivity (Wildman–Crippen MR) is 99.4 cm³/mol. The maximum Gasteiger partial charge on any atom is 0.139 e. The Labute approximate surface area is 150 Å². The fraction of sp³-hybridized carbons (Fsp3) is 0.571. The van der Waals surface area contributed by atoms with E-state index in [1.807, 2.05) is 12.4 Å². The zero-order valence-electron chi connectivity index (χ0n) is 15.3. The van der Waals surface area contributed by atoms with Crippen LogP contribution in [0.15, 0.2) is 42.7 Å². The molecule has 134 valence electrons. The lowest BCUT2D eigenvalue weighted by Gasteiger charge is -2.36. The first-order chi connectivity index (χ1) is 12.2. The zero-order chi connectivity index (χ0) is 17.2. The molecule has 0 bridgehead atoms. The molecule has 1 aliphatic carbocycles. The number of hydrogen-bond donors (Lipinski definition) is 1. The van der Waals surface area contributed by atoms with Gasteiger partial charge < -0.3 is 14.6 Å². The molecule has 2 heterocycles. The van der Waals surface area contributed by atoms with Gasteiger partial charge in [0.2, 0.25) is 0 Å². The van der Waals surface area contributed by atoms with E-state index in [0.717, 1.165) is 24.8 Å². The van der Waals surface area contributed by atoms with Gasteiger partial charge in [-0.3, -0.25) is 0 Å². The number of nitrogens with one attached hydrogen (secondary N) is 1. The van der Waals surface area contributed by atoms with E-state index in [0.29, 0.717) is 18.0 Å². The Morgan fingerprint density at radius 3 is 2.76 bits per heavy atom. The quantitative estimate of drug-likeness (QED) is 0.920. The van der Waals surface area contributed by atoms with Crippen LogP contribution in [0, 0.1) is 5.92 Å². The van der Waals surface area contributed by atoms with Gasteiger partial charge in [0.25, 0.3) is 0 Å². The minimum Gasteiger partial charge on any atom is -0.369 e. The Morgan fingerprint density at radius 1 is 1.16 bits per heavy atom. The molecule has 5 atom stereocenters. The molecule has 0 amide bonds. The van der Waals surface area contributed by atoms with Gasteiger partial charge in [0, 0.05) is 38.1 Å². The van der Waals surface area contributed by atoms with Crippen molar-refractivity contribution in [3.63, 3.8) is 0 Å². The van der Waals surface area contributed by atoms with Crippen molar-refractivity contribution < 1.29 is 4.74 Å². The van der Waals surface area contributed by atoms with Crippen LogP contribution in [0.2, 0.25) is 0 Å². The SMILES string of the molecule is C[C@@H]1C[C@H](N[C@H]2CCO[C@@H]2c2nccn2C)C[C@H](c2ccccc2)C1. The summed E-state index contributed by atoms with van der Waals surface area (Å²) in [5.41, 5.74) is 1.49. The van der Waals surface area contributed by atoms with Crippen LogP contribution in [-0.4, -0.2) is 28.2 Å². The van der Waals surface area contributed by atoms with Gasteiger partial charge in [0.15, 0.2) is 0 Å². The molecule has 25 heavy (non-hydrogen) atoms. The Bertz CT molecular complexity index is 683. The summed E-state index contributed by atoms with van der Waals surface area (Å²) in [5.74, 6) is 2.46. The second-order valence-electron chi connectivity index (χ2n) is 7.87. The third-order valence-electron chi connectivity index (χ3n) is 5.87. The lowest BCUT2D eigenvalue weighted by atomic mass is 9.76. The lowest BCUT2D eigenvalue weighted by molar-refractivity contribution is 0.0842. The predicted octanol–water partition coefficient (Wildman–Crippen LogP) is 3.81. The minimum atomic E-state index is 0.0763. The number of aryl methyl sites for hydroxylation is 1. The summed E-state index contributed by atoms with van der Waals surface area (Å²) in [6, 6.07) is 11.9. The lowest BCUT2D eigenvalue weighted by Crippen LogP contribution is -2.44. The third kappa shape index (κ3) is 3.65. The van der Waals surface area contributed by atoms with E-state index in [1.165, 1.54) is 24.8 Å². The van der Waals surface area contributed by atoms with E-state index in [9.17, 15) is 0 Å². The molecule has 0 unspecified atom stereocenters. The standard InChI is InChI=1S/C21H29N3O/c1-15-12-17(16-6-4-3-5-7-16)14-18(13-15)23-19-8-11-25-20(19)21-22-9-10-24(21)2/h3-7,9-10,15,17-20,23H,8,11-14H2,1-2H3/t15-,17+,18-,19-,20-/m0/s1. The molecular weight excluding hydrogens is 310 g/mol. The van der Waals surface area contributed by atoms with Crippen LogP contribution in [0.3, 0.4) is 0 Å². The number of nitrogens with zero attached hydrogens (tertiary/aromatic N) is 2. The summed E-state index contributed by atoms with van der Waals surface area (Å²) >= 11 is 0. The number of benzene rings is 1. The first-order valence-corrected chi connectivity index (χ1v) is 9.60. The van der Waals surface area contributed by atoms with Gasteiger partial charge in [0.1, 0.15) is 11.9 Å². The third-order valence-corrected chi connectivity index (χ3v) is 5.87. The maximum absolute atomic E-state index is 6.02. The average molecular weight is 339 g/mol. The average Bonchev–Trinajstić information content (AvgIpc) is 3.23. The largest absolute Gasteiger partial charge is 0.369 e. The molecule has 4 heteroatoms. The second kappa shape index (κ2) is 7.30. The number of imidazole rings is 1. The molecule has 1 aromatic heterocycles. The summed E-state index contributed by atoms with van der Waals surface area (Å²) in [6.45, 7) is 3.21. The van der Waals surface area contributed by atoms with Gasteiger partial charge in [-0.15, -0.1) is 0 Å². The van der Waals surface area contributed by atoms with Crippen LogP contribution in [0.1, 0.15) is 56.0 Å². The fourth-order valence-electron chi connectivity index (χ4n) is 4.71. The molecule has 0 spiro atoms. The highest BCUT2D eigenvalue weighted by molar-refractivity contribution is 5.20. The van der Waals surface area contributed by atoms with E-state index in [-0.39, 0.29) is 6.10 Å². The highest BCUT2D eigenvalue weighted by Crippen LogP contribution is 2.37. The Hall–Kier alpha value is -1.65. The molecule has 1 aliphatic heterocycles. The van der Waals surface area contributed by atoms with E-state index in [1.54, 1.807) is 0 Å². The minimum absolute atomic E-state index is 0.0763. The molecule has 2 fully saturated rings. The van der Waals surface area contributed by atoms with Gasteiger partial charge in [-0.2, -0.15) is 0 Å². The monoisotopic (exact) mass is 339 g/mol. The van der Waals surface area contributed by atoms with Crippen molar-refractivity contribution in [2.24, 2.45) is 13.0 Å². The fourth-order valence-corrected chi connectivity index (χ4v) is 4.71. The van der Waals surface area contributed by atoms with E-state index >= 15 is 0 Å². The molecule has 4 nitrogen and oxygen atoms in total. The Kier molecular flexibility index (Phi) is 4.91. The Morgan fingerprint density at radius 2 is 2.00 bits per heavy atom. The molecule has 1 aromatic carbocycles. The summed E-state index contributed by atoms with van der Waals surface area (Å²) in [6.07, 6.45) is 8.78. The molecule has 1 saturated carbocycles. The van der Waals surface area contributed by atoms with Crippen molar-refractivity contribution in [2.45, 2.75) is 56.7 Å². The van der Waals surface area contributed by atoms with Gasteiger partial charge in [0.05, 0.1) is 0 Å². The number of ether oxygens (including phenoxy) is 1. The van der Waals surface area contributed by atoms with Crippen LogP contribution < -0.4 is 5.32 Å². The second-order valence-corrected chi connectivity index (χ2v) is 7.87. The van der Waals surface area contributed by atoms with E-state index in [4.69, 9.17) is 4.74 Å². The topological polar surface area (TPSA) is 39.1 Å². The van der Waals surface area contributed by atoms with Gasteiger partial charge in [-0.1, -0.05) is 37.3 Å². The van der Waals surface area contributed by atoms with Crippen LogP contribution in [0.25, 0.3) is 0 Å². The maximum atomic E-state index is 6.02. The van der Waals surface area contributed by atoms with Crippen LogP contribution >= 0.6 is 0 Å². The van der Waals surface area contributed by atoms with Gasteiger partial charge in [-0.05, 0) is 43.1 Å². The molecular formula is C21H29N3O. The summed E-state index contributed by atoms with van der Waals surface area (Å²) in [5, 5.41) is 3.94. The molecule has 2 aromatic rings. The van der Waals surface area contributed by atoms with Crippen molar-refractivity contribution in [1.82, 2.24) is 14.9 Å². The van der Waals surface area contributed by atoms with E-state index < -0.39 is 0 Å². The van der Waals surface area contributed by atoms with Crippen LogP contribution in [0.5, 0.6) is 0 Å². The first-order valence-electron chi connectivity index (χ1n) is 9.60. The van der Waals surface area contributed by atoms with E-state index in [2.05, 4.69) is 59.2 Å². The molecule has 1 saturated heterocycles. The zero-order valence-corrected chi connectivity index (χ0v) is 15.3. The number of hydrogen-bond acceptors (Lipinski definition) is 3. The normalized spacial score (nSPS) is 32.8. The number of rotatable bonds is 4. The van der Waals surface area contributed by atoms with Gasteiger partial charge >= 0.3 is 0 Å². The van der Waals surface area contributed by atoms with Crippen molar-refractivity contribution in [2.75, 3.05) is 6.61 Å². The Balaban J connectivity index is 1.45. The van der Waals surface area contributed by atoms with Crippen molar-refractivity contribution in [3.05, 3.63) is 54.1 Å². The van der Waals surface area contributed by atoms with Gasteiger partial charge in [-0.25, -0.2) is 4.98 Å².